The molecule has 2 bridgehead atoms. The quantitative estimate of drug-likeness (QED) is 0.910. The van der Waals surface area contributed by atoms with Crippen LogP contribution >= 0.6 is 24.0 Å². The molecule has 1 aromatic carbocycles. The second-order valence-electron chi connectivity index (χ2n) is 5.83. The van der Waals surface area contributed by atoms with Gasteiger partial charge in [-0.15, -0.1) is 12.4 Å². The molecule has 0 amide bonds. The summed E-state index contributed by atoms with van der Waals surface area (Å²) < 4.78 is 5.34. The van der Waals surface area contributed by atoms with Crippen molar-refractivity contribution in [2.45, 2.75) is 18.9 Å². The van der Waals surface area contributed by atoms with Gasteiger partial charge >= 0.3 is 0 Å². The van der Waals surface area contributed by atoms with Gasteiger partial charge in [0.2, 0.25) is 0 Å². The molecular formula is C15H16Cl2N4O. The molecule has 0 saturated carbocycles. The SMILES string of the molecule is Cl.N#Cc1c(Cl)ccc2c(NC3CN4CCC3CC4)noc12. The average molecular weight is 339 g/mol. The zero-order chi connectivity index (χ0) is 14.4. The third kappa shape index (κ3) is 2.41. The van der Waals surface area contributed by atoms with E-state index in [1.807, 2.05) is 6.07 Å². The summed E-state index contributed by atoms with van der Waals surface area (Å²) in [6.07, 6.45) is 2.48. The third-order valence-electron chi connectivity index (χ3n) is 4.68. The molecule has 7 heteroatoms. The second kappa shape index (κ2) is 5.96. The van der Waals surface area contributed by atoms with E-state index in [-0.39, 0.29) is 12.4 Å². The molecule has 3 aliphatic rings. The summed E-state index contributed by atoms with van der Waals surface area (Å²) in [6.45, 7) is 3.46. The second-order valence-corrected chi connectivity index (χ2v) is 6.24. The predicted molar refractivity (Wildman–Crippen MR) is 87.6 cm³/mol. The number of nitriles is 1. The molecule has 1 atom stereocenters. The van der Waals surface area contributed by atoms with Crippen molar-refractivity contribution >= 4 is 40.8 Å². The fourth-order valence-corrected chi connectivity index (χ4v) is 3.68. The number of piperidine rings is 3. The molecule has 5 rings (SSSR count). The zero-order valence-corrected chi connectivity index (χ0v) is 13.5. The highest BCUT2D eigenvalue weighted by Gasteiger charge is 2.34. The van der Waals surface area contributed by atoms with Gasteiger partial charge in [-0.25, -0.2) is 0 Å². The van der Waals surface area contributed by atoms with E-state index < -0.39 is 0 Å². The van der Waals surface area contributed by atoms with E-state index in [1.54, 1.807) is 6.07 Å². The standard InChI is InChI=1S/C15H15ClN4O.ClH/c16-12-2-1-10-14(11(12)7-17)21-19-15(10)18-13-8-20-5-3-9(13)4-6-20;/h1-2,9,13H,3-6,8H2,(H,18,19);1H. The molecule has 3 saturated heterocycles. The minimum absolute atomic E-state index is 0. The molecule has 3 aliphatic heterocycles. The smallest absolute Gasteiger partial charge is 0.188 e. The van der Waals surface area contributed by atoms with Crippen molar-refractivity contribution in [3.8, 4) is 6.07 Å². The van der Waals surface area contributed by atoms with Crippen LogP contribution in [0.25, 0.3) is 11.0 Å². The molecule has 1 unspecified atom stereocenters. The van der Waals surface area contributed by atoms with E-state index >= 15 is 0 Å². The fraction of sp³-hybridized carbons (Fsp3) is 0.467. The van der Waals surface area contributed by atoms with Crippen LogP contribution in [0.2, 0.25) is 5.02 Å². The molecule has 5 nitrogen and oxygen atoms in total. The van der Waals surface area contributed by atoms with Crippen LogP contribution in [0.4, 0.5) is 5.82 Å². The van der Waals surface area contributed by atoms with Gasteiger partial charge in [-0.1, -0.05) is 16.8 Å². The van der Waals surface area contributed by atoms with E-state index in [0.29, 0.717) is 28.1 Å². The van der Waals surface area contributed by atoms with Crippen LogP contribution in [-0.2, 0) is 0 Å². The zero-order valence-electron chi connectivity index (χ0n) is 11.9. The molecule has 1 aromatic heterocycles. The van der Waals surface area contributed by atoms with Gasteiger partial charge in [-0.2, -0.15) is 5.26 Å². The van der Waals surface area contributed by atoms with E-state index in [9.17, 15) is 5.26 Å². The van der Waals surface area contributed by atoms with Crippen LogP contribution in [-0.4, -0.2) is 35.7 Å². The van der Waals surface area contributed by atoms with Crippen LogP contribution in [0.5, 0.6) is 0 Å². The highest BCUT2D eigenvalue weighted by molar-refractivity contribution is 6.32. The Balaban J connectivity index is 0.00000144. The molecule has 0 aliphatic carbocycles. The Morgan fingerprint density at radius 3 is 2.77 bits per heavy atom. The topological polar surface area (TPSA) is 65.1 Å². The van der Waals surface area contributed by atoms with Crippen LogP contribution in [0.15, 0.2) is 16.7 Å². The van der Waals surface area contributed by atoms with Crippen molar-refractivity contribution in [2.75, 3.05) is 25.0 Å². The van der Waals surface area contributed by atoms with Crippen molar-refractivity contribution in [1.29, 1.82) is 5.26 Å². The van der Waals surface area contributed by atoms with Crippen LogP contribution in [0, 0.1) is 17.2 Å². The molecule has 1 N–H and O–H groups in total. The fourth-order valence-electron chi connectivity index (χ4n) is 3.49. The Morgan fingerprint density at radius 1 is 1.36 bits per heavy atom. The number of hydrogen-bond donors (Lipinski definition) is 1. The first-order chi connectivity index (χ1) is 10.3. The van der Waals surface area contributed by atoms with Gasteiger partial charge in [-0.3, -0.25) is 0 Å². The first kappa shape index (κ1) is 15.4. The molecule has 116 valence electrons. The first-order valence-corrected chi connectivity index (χ1v) is 7.61. The molecule has 3 fully saturated rings. The van der Waals surface area contributed by atoms with Gasteiger partial charge < -0.3 is 14.7 Å². The number of anilines is 1. The number of benzene rings is 1. The maximum atomic E-state index is 9.18. The molecular weight excluding hydrogens is 323 g/mol. The molecule has 0 spiro atoms. The van der Waals surface area contributed by atoms with Gasteiger partial charge in [0.25, 0.3) is 0 Å². The Morgan fingerprint density at radius 2 is 2.14 bits per heavy atom. The van der Waals surface area contributed by atoms with Gasteiger partial charge in [0.05, 0.1) is 10.4 Å². The largest absolute Gasteiger partial charge is 0.362 e. The predicted octanol–water partition coefficient (Wildman–Crippen LogP) is 3.28. The first-order valence-electron chi connectivity index (χ1n) is 7.23. The van der Waals surface area contributed by atoms with Crippen molar-refractivity contribution in [2.24, 2.45) is 5.92 Å². The Hall–Kier alpha value is -1.48. The number of aromatic nitrogens is 1. The summed E-state index contributed by atoms with van der Waals surface area (Å²) in [7, 11) is 0. The third-order valence-corrected chi connectivity index (χ3v) is 5.00. The number of nitrogens with zero attached hydrogens (tertiary/aromatic N) is 3. The van der Waals surface area contributed by atoms with E-state index in [0.717, 1.165) is 17.7 Å². The lowest BCUT2D eigenvalue weighted by Gasteiger charge is -2.44. The number of nitrogens with one attached hydrogen (secondary N) is 1. The van der Waals surface area contributed by atoms with Gasteiger partial charge in [-0.05, 0) is 44.0 Å². The highest BCUT2D eigenvalue weighted by Crippen LogP contribution is 2.34. The summed E-state index contributed by atoms with van der Waals surface area (Å²) in [4.78, 5) is 2.48. The van der Waals surface area contributed by atoms with Crippen molar-refractivity contribution in [3.63, 3.8) is 0 Å². The van der Waals surface area contributed by atoms with Crippen molar-refractivity contribution in [3.05, 3.63) is 22.7 Å². The number of hydrogen-bond acceptors (Lipinski definition) is 5. The molecule has 22 heavy (non-hydrogen) atoms. The lowest BCUT2D eigenvalue weighted by Crippen LogP contribution is -2.53. The number of rotatable bonds is 2. The average Bonchev–Trinajstić information content (AvgIpc) is 2.91. The maximum Gasteiger partial charge on any atom is 0.188 e. The normalized spacial score (nSPS) is 26.5. The Labute approximate surface area is 139 Å². The van der Waals surface area contributed by atoms with Gasteiger partial charge in [0.15, 0.2) is 11.4 Å². The van der Waals surface area contributed by atoms with Crippen molar-refractivity contribution in [1.82, 2.24) is 10.1 Å². The van der Waals surface area contributed by atoms with E-state index in [2.05, 4.69) is 21.4 Å². The minimum atomic E-state index is 0. The van der Waals surface area contributed by atoms with Crippen LogP contribution in [0.3, 0.4) is 0 Å². The number of halogens is 2. The van der Waals surface area contributed by atoms with Gasteiger partial charge in [0, 0.05) is 12.6 Å². The summed E-state index contributed by atoms with van der Waals surface area (Å²) in [5, 5.41) is 18.0. The van der Waals surface area contributed by atoms with E-state index in [4.69, 9.17) is 16.1 Å². The van der Waals surface area contributed by atoms with Gasteiger partial charge in [0.1, 0.15) is 11.6 Å². The van der Waals surface area contributed by atoms with E-state index in [1.165, 1.54) is 25.9 Å². The van der Waals surface area contributed by atoms with Crippen LogP contribution < -0.4 is 5.32 Å². The lowest BCUT2D eigenvalue weighted by atomic mass is 9.84. The Kier molecular flexibility index (Phi) is 4.18. The summed E-state index contributed by atoms with van der Waals surface area (Å²) in [5.74, 6) is 1.42. The van der Waals surface area contributed by atoms with Crippen molar-refractivity contribution < 1.29 is 4.52 Å². The summed E-state index contributed by atoms with van der Waals surface area (Å²) >= 11 is 6.02. The van der Waals surface area contributed by atoms with Crippen LogP contribution in [0.1, 0.15) is 18.4 Å². The highest BCUT2D eigenvalue weighted by atomic mass is 35.5. The summed E-state index contributed by atoms with van der Waals surface area (Å²) in [5.41, 5.74) is 0.817. The lowest BCUT2D eigenvalue weighted by molar-refractivity contribution is 0.0973. The summed E-state index contributed by atoms with van der Waals surface area (Å²) in [6, 6.07) is 6.07. The minimum Gasteiger partial charge on any atom is -0.362 e. The number of fused-ring (bicyclic) bond motifs is 4. The molecule has 4 heterocycles. The Bertz CT molecular complexity index is 731. The molecule has 0 radical (unpaired) electrons. The molecule has 2 aromatic rings. The monoisotopic (exact) mass is 338 g/mol. The maximum absolute atomic E-state index is 9.18.